The minimum Gasteiger partial charge on any atom is -0.338 e. The lowest BCUT2D eigenvalue weighted by atomic mass is 10.1. The van der Waals surface area contributed by atoms with E-state index in [1.165, 1.54) is 0 Å². The molecule has 1 aliphatic heterocycles. The fourth-order valence-electron chi connectivity index (χ4n) is 3.58. The third-order valence-electron chi connectivity index (χ3n) is 5.17. The Morgan fingerprint density at radius 2 is 2.08 bits per heavy atom. The highest BCUT2D eigenvalue weighted by Gasteiger charge is 2.25. The number of hydrogen-bond donors (Lipinski definition) is 0. The molecule has 0 bridgehead atoms. The fourth-order valence-corrected chi connectivity index (χ4v) is 3.58. The molecule has 1 aliphatic rings. The van der Waals surface area contributed by atoms with E-state index in [1.54, 1.807) is 30.0 Å². The van der Waals surface area contributed by atoms with E-state index in [4.69, 9.17) is 0 Å². The van der Waals surface area contributed by atoms with E-state index >= 15 is 0 Å². The molecule has 138 valence electrons. The summed E-state index contributed by atoms with van der Waals surface area (Å²) in [4.78, 5) is 21.3. The maximum atomic E-state index is 14.3. The van der Waals surface area contributed by atoms with Crippen LogP contribution in [0.25, 0.3) is 0 Å². The molecule has 1 aromatic carbocycles. The van der Waals surface area contributed by atoms with E-state index in [1.807, 2.05) is 24.4 Å². The van der Waals surface area contributed by atoms with Gasteiger partial charge in [-0.1, -0.05) is 18.2 Å². The van der Waals surface area contributed by atoms with Gasteiger partial charge in [-0.05, 0) is 57.0 Å². The van der Waals surface area contributed by atoms with Crippen LogP contribution in [0, 0.1) is 12.7 Å². The largest absolute Gasteiger partial charge is 0.338 e. The third kappa shape index (κ3) is 4.28. The summed E-state index contributed by atoms with van der Waals surface area (Å²) in [7, 11) is 2.11. The number of benzene rings is 1. The molecule has 2 heterocycles. The lowest BCUT2D eigenvalue weighted by Crippen LogP contribution is -2.35. The van der Waals surface area contributed by atoms with E-state index in [9.17, 15) is 9.18 Å². The molecule has 4 nitrogen and oxygen atoms in total. The first kappa shape index (κ1) is 18.5. The summed E-state index contributed by atoms with van der Waals surface area (Å²) in [6.45, 7) is 3.83. The van der Waals surface area contributed by atoms with Crippen molar-refractivity contribution < 1.29 is 9.18 Å². The summed E-state index contributed by atoms with van der Waals surface area (Å²) in [5.74, 6) is -0.593. The van der Waals surface area contributed by atoms with Crippen LogP contribution in [-0.2, 0) is 6.54 Å². The lowest BCUT2D eigenvalue weighted by Gasteiger charge is -2.27. The molecule has 3 rings (SSSR count). The minimum absolute atomic E-state index is 0.185. The maximum absolute atomic E-state index is 14.3. The molecular weight excluding hydrogens is 329 g/mol. The van der Waals surface area contributed by atoms with E-state index < -0.39 is 5.82 Å². The van der Waals surface area contributed by atoms with Crippen molar-refractivity contribution in [2.45, 2.75) is 38.8 Å². The Morgan fingerprint density at radius 1 is 1.23 bits per heavy atom. The van der Waals surface area contributed by atoms with Crippen molar-refractivity contribution >= 4 is 5.91 Å². The number of carbonyl (C=O) groups excluding carboxylic acids is 1. The second-order valence-corrected chi connectivity index (χ2v) is 7.05. The van der Waals surface area contributed by atoms with Crippen LogP contribution in [0.2, 0.25) is 0 Å². The first-order chi connectivity index (χ1) is 12.6. The van der Waals surface area contributed by atoms with Crippen molar-refractivity contribution in [1.82, 2.24) is 14.8 Å². The molecule has 1 saturated heterocycles. The molecule has 0 aliphatic carbocycles. The van der Waals surface area contributed by atoms with E-state index in [-0.39, 0.29) is 11.5 Å². The number of rotatable bonds is 4. The molecule has 2 aromatic rings. The van der Waals surface area contributed by atoms with Gasteiger partial charge in [-0.2, -0.15) is 0 Å². The lowest BCUT2D eigenvalue weighted by molar-refractivity contribution is 0.0752. The van der Waals surface area contributed by atoms with Gasteiger partial charge in [0.05, 0.1) is 11.3 Å². The van der Waals surface area contributed by atoms with Crippen LogP contribution in [0.5, 0.6) is 0 Å². The molecule has 1 atom stereocenters. The van der Waals surface area contributed by atoms with Crippen LogP contribution in [-0.4, -0.2) is 46.9 Å². The van der Waals surface area contributed by atoms with E-state index in [0.717, 1.165) is 31.5 Å². The van der Waals surface area contributed by atoms with Crippen molar-refractivity contribution in [1.29, 1.82) is 0 Å². The van der Waals surface area contributed by atoms with Crippen LogP contribution >= 0.6 is 0 Å². The maximum Gasteiger partial charge on any atom is 0.256 e. The highest BCUT2D eigenvalue weighted by Crippen LogP contribution is 2.20. The normalized spacial score (nSPS) is 18.0. The molecule has 5 heteroatoms. The number of pyridine rings is 1. The molecule has 0 N–H and O–H groups in total. The number of amides is 1. The highest BCUT2D eigenvalue weighted by atomic mass is 19.1. The molecule has 0 radical (unpaired) electrons. The van der Waals surface area contributed by atoms with Crippen LogP contribution in [0.4, 0.5) is 4.39 Å². The number of carbonyl (C=O) groups is 1. The Bertz CT molecular complexity index is 750. The Morgan fingerprint density at radius 3 is 2.85 bits per heavy atom. The third-order valence-corrected chi connectivity index (χ3v) is 5.17. The van der Waals surface area contributed by atoms with Gasteiger partial charge in [0, 0.05) is 31.9 Å². The van der Waals surface area contributed by atoms with Gasteiger partial charge in [0.1, 0.15) is 5.82 Å². The average Bonchev–Trinajstić information content (AvgIpc) is 2.90. The molecule has 1 amide bonds. The molecule has 0 spiro atoms. The monoisotopic (exact) mass is 355 g/mol. The Balaban J connectivity index is 1.62. The van der Waals surface area contributed by atoms with Crippen molar-refractivity contribution in [3.05, 3.63) is 65.2 Å². The van der Waals surface area contributed by atoms with Gasteiger partial charge in [0.15, 0.2) is 0 Å². The number of halogens is 1. The summed E-state index contributed by atoms with van der Waals surface area (Å²) < 4.78 is 14.3. The molecule has 0 unspecified atom stereocenters. The second kappa shape index (κ2) is 8.41. The van der Waals surface area contributed by atoms with Crippen molar-refractivity contribution in [3.63, 3.8) is 0 Å². The van der Waals surface area contributed by atoms with E-state index in [0.29, 0.717) is 24.7 Å². The predicted molar refractivity (Wildman–Crippen MR) is 100 cm³/mol. The van der Waals surface area contributed by atoms with Crippen LogP contribution < -0.4 is 0 Å². The fraction of sp³-hybridized carbons (Fsp3) is 0.429. The van der Waals surface area contributed by atoms with Gasteiger partial charge in [-0.3, -0.25) is 14.7 Å². The predicted octanol–water partition coefficient (Wildman–Crippen LogP) is 3.66. The zero-order valence-corrected chi connectivity index (χ0v) is 15.5. The summed E-state index contributed by atoms with van der Waals surface area (Å²) in [5, 5.41) is 0. The Kier molecular flexibility index (Phi) is 5.99. The topological polar surface area (TPSA) is 36.4 Å². The van der Waals surface area contributed by atoms with Crippen LogP contribution in [0.15, 0.2) is 42.6 Å². The standard InChI is InChI=1S/C21H26FN3O/c1-16-7-5-10-19(20(16)22)21(26)25-13-6-9-18(11-14-25)24(2)15-17-8-3-4-12-23-17/h3-5,7-8,10,12,18H,6,9,11,13-15H2,1-2H3/t18-/m0/s1. The zero-order valence-electron chi connectivity index (χ0n) is 15.5. The number of aromatic nitrogens is 1. The number of aryl methyl sites for hydroxylation is 1. The Labute approximate surface area is 154 Å². The number of likely N-dealkylation sites (tertiary alicyclic amines) is 1. The number of hydrogen-bond acceptors (Lipinski definition) is 3. The smallest absolute Gasteiger partial charge is 0.256 e. The highest BCUT2D eigenvalue weighted by molar-refractivity contribution is 5.94. The molecule has 1 fully saturated rings. The van der Waals surface area contributed by atoms with Crippen molar-refractivity contribution in [3.8, 4) is 0 Å². The summed E-state index contributed by atoms with van der Waals surface area (Å²) in [6.07, 6.45) is 4.66. The van der Waals surface area contributed by atoms with Gasteiger partial charge in [-0.15, -0.1) is 0 Å². The average molecular weight is 355 g/mol. The van der Waals surface area contributed by atoms with E-state index in [2.05, 4.69) is 16.9 Å². The summed E-state index contributed by atoms with van der Waals surface area (Å²) in [6, 6.07) is 11.4. The second-order valence-electron chi connectivity index (χ2n) is 7.05. The van der Waals surface area contributed by atoms with Gasteiger partial charge in [0.25, 0.3) is 5.91 Å². The molecular formula is C21H26FN3O. The van der Waals surface area contributed by atoms with Crippen molar-refractivity contribution in [2.24, 2.45) is 0 Å². The van der Waals surface area contributed by atoms with Gasteiger partial charge >= 0.3 is 0 Å². The minimum atomic E-state index is -0.398. The first-order valence-corrected chi connectivity index (χ1v) is 9.21. The van der Waals surface area contributed by atoms with Crippen LogP contribution in [0.1, 0.15) is 40.9 Å². The van der Waals surface area contributed by atoms with Gasteiger partial charge < -0.3 is 4.90 Å². The quantitative estimate of drug-likeness (QED) is 0.840. The molecule has 1 aromatic heterocycles. The van der Waals surface area contributed by atoms with Gasteiger partial charge in [-0.25, -0.2) is 4.39 Å². The molecule has 26 heavy (non-hydrogen) atoms. The SMILES string of the molecule is Cc1cccc(C(=O)N2CCC[C@H](N(C)Cc3ccccn3)CC2)c1F. The summed E-state index contributed by atoms with van der Waals surface area (Å²) >= 11 is 0. The summed E-state index contributed by atoms with van der Waals surface area (Å²) in [5.41, 5.74) is 1.75. The number of nitrogens with zero attached hydrogens (tertiary/aromatic N) is 3. The van der Waals surface area contributed by atoms with Crippen LogP contribution in [0.3, 0.4) is 0 Å². The molecule has 0 saturated carbocycles. The zero-order chi connectivity index (χ0) is 18.5. The van der Waals surface area contributed by atoms with Crippen molar-refractivity contribution in [2.75, 3.05) is 20.1 Å². The first-order valence-electron chi connectivity index (χ1n) is 9.21. The Hall–Kier alpha value is -2.27. The van der Waals surface area contributed by atoms with Gasteiger partial charge in [0.2, 0.25) is 0 Å².